The summed E-state index contributed by atoms with van der Waals surface area (Å²) in [7, 11) is -2.20. The molecule has 40 heavy (non-hydrogen) atoms. The Labute approximate surface area is 236 Å². The number of rotatable bonds is 13. The Bertz CT molecular complexity index is 1480. The lowest BCUT2D eigenvalue weighted by molar-refractivity contribution is -0.110. The van der Waals surface area contributed by atoms with Crippen LogP contribution in [0.5, 0.6) is 0 Å². The van der Waals surface area contributed by atoms with Crippen molar-refractivity contribution in [2.24, 2.45) is 0 Å². The number of ether oxygens (including phenoxy) is 1. The Morgan fingerprint density at radius 2 is 1.90 bits per heavy atom. The van der Waals surface area contributed by atoms with Crippen molar-refractivity contribution >= 4 is 39.0 Å². The van der Waals surface area contributed by atoms with Gasteiger partial charge in [-0.05, 0) is 68.4 Å². The number of likely N-dealkylation sites (N-methyl/N-ethyl adjacent to an activating group) is 1. The summed E-state index contributed by atoms with van der Waals surface area (Å²) < 4.78 is 31.0. The van der Waals surface area contributed by atoms with Gasteiger partial charge in [0.1, 0.15) is 0 Å². The highest BCUT2D eigenvalue weighted by atomic mass is 32.2. The largest absolute Gasteiger partial charge is 0.504 e. The molecule has 0 aliphatic carbocycles. The minimum absolute atomic E-state index is 0.0864. The Balaban J connectivity index is 1.86. The highest BCUT2D eigenvalue weighted by Gasteiger charge is 2.28. The molecule has 0 fully saturated rings. The third-order valence-electron chi connectivity index (χ3n) is 6.77. The molecule has 9 nitrogen and oxygen atoms in total. The number of anilines is 1. The Kier molecular flexibility index (Phi) is 10.3. The zero-order valence-corrected chi connectivity index (χ0v) is 24.6. The van der Waals surface area contributed by atoms with Gasteiger partial charge in [0.15, 0.2) is 9.84 Å². The number of hydrogen-bond donors (Lipinski definition) is 3. The molecule has 1 aliphatic heterocycles. The van der Waals surface area contributed by atoms with Crippen LogP contribution in [0.25, 0.3) is 11.6 Å². The van der Waals surface area contributed by atoms with Crippen molar-refractivity contribution in [2.75, 3.05) is 44.4 Å². The minimum atomic E-state index is -3.72. The van der Waals surface area contributed by atoms with Crippen LogP contribution in [0, 0.1) is 13.8 Å². The van der Waals surface area contributed by atoms with E-state index >= 15 is 0 Å². The molecule has 1 aromatic carbocycles. The number of fused-ring (bicyclic) bond motifs is 1. The number of aryl methyl sites for hydroxylation is 1. The van der Waals surface area contributed by atoms with Crippen LogP contribution in [0.1, 0.15) is 46.7 Å². The quantitative estimate of drug-likeness (QED) is 0.190. The number of aromatic nitrogens is 1. The van der Waals surface area contributed by atoms with E-state index in [2.05, 4.69) is 40.9 Å². The van der Waals surface area contributed by atoms with E-state index in [1.165, 1.54) is 25.5 Å². The lowest BCUT2D eigenvalue weighted by Crippen LogP contribution is -2.35. The summed E-state index contributed by atoms with van der Waals surface area (Å²) in [4.78, 5) is 31.4. The van der Waals surface area contributed by atoms with Crippen LogP contribution in [0.15, 0.2) is 59.7 Å². The van der Waals surface area contributed by atoms with Crippen molar-refractivity contribution in [2.45, 2.75) is 32.6 Å². The fraction of sp³-hybridized carbons (Fsp3) is 0.333. The molecule has 0 saturated heterocycles. The molecule has 1 aromatic heterocycles. The molecular formula is C30H38N4O5S. The highest BCUT2D eigenvalue weighted by molar-refractivity contribution is 7.91. The van der Waals surface area contributed by atoms with E-state index in [0.717, 1.165) is 19.6 Å². The predicted octanol–water partition coefficient (Wildman–Crippen LogP) is 4.24. The molecule has 2 aromatic rings. The third-order valence-corrected chi connectivity index (χ3v) is 8.49. The standard InChI is InChI=1S/C30H38N4O5S/c1-7-34(8-2)15-14-31-30(36)28-21(4)27(32-22(28)5)18-25-24-17-23(12-13-26(24)33-29(25)35)40(37,38)19-20(3)11-9-10-16-39-6/h9-13,16-18,32H,3,7-8,14-15,19H2,1-2,4-6H3,(H,31,36)(H,33,35). The van der Waals surface area contributed by atoms with Crippen LogP contribution >= 0.6 is 0 Å². The van der Waals surface area contributed by atoms with Gasteiger partial charge >= 0.3 is 0 Å². The maximum atomic E-state index is 13.1. The number of hydrogen-bond acceptors (Lipinski definition) is 6. The van der Waals surface area contributed by atoms with Crippen molar-refractivity contribution in [3.63, 3.8) is 0 Å². The van der Waals surface area contributed by atoms with Gasteiger partial charge in [-0.2, -0.15) is 0 Å². The van der Waals surface area contributed by atoms with Gasteiger partial charge < -0.3 is 25.3 Å². The van der Waals surface area contributed by atoms with Gasteiger partial charge in [0.2, 0.25) is 0 Å². The summed E-state index contributed by atoms with van der Waals surface area (Å²) in [5.41, 5.74) is 4.27. The first-order valence-corrected chi connectivity index (χ1v) is 14.8. The van der Waals surface area contributed by atoms with Gasteiger partial charge in [-0.3, -0.25) is 9.59 Å². The Morgan fingerprint density at radius 1 is 1.18 bits per heavy atom. The molecule has 2 heterocycles. The van der Waals surface area contributed by atoms with Gasteiger partial charge in [0.25, 0.3) is 11.8 Å². The van der Waals surface area contributed by atoms with Gasteiger partial charge in [0.05, 0.1) is 35.2 Å². The molecule has 2 amide bonds. The van der Waals surface area contributed by atoms with Crippen molar-refractivity contribution < 1.29 is 22.7 Å². The lowest BCUT2D eigenvalue weighted by Gasteiger charge is -2.18. The summed E-state index contributed by atoms with van der Waals surface area (Å²) >= 11 is 0. The van der Waals surface area contributed by atoms with Gasteiger partial charge in [-0.25, -0.2) is 8.42 Å². The van der Waals surface area contributed by atoms with Crippen LogP contribution in [0.4, 0.5) is 5.69 Å². The number of benzene rings is 1. The molecule has 3 N–H and O–H groups in total. The van der Waals surface area contributed by atoms with Gasteiger partial charge in [-0.15, -0.1) is 0 Å². The Hall–Kier alpha value is -3.89. The monoisotopic (exact) mass is 566 g/mol. The maximum absolute atomic E-state index is 13.1. The molecule has 1 aliphatic rings. The summed E-state index contributed by atoms with van der Waals surface area (Å²) in [5.74, 6) is -0.802. The molecule has 0 atom stereocenters. The molecule has 214 valence electrons. The lowest BCUT2D eigenvalue weighted by atomic mass is 10.0. The molecule has 0 saturated carbocycles. The minimum Gasteiger partial charge on any atom is -0.504 e. The van der Waals surface area contributed by atoms with Crippen LogP contribution in [0.2, 0.25) is 0 Å². The van der Waals surface area contributed by atoms with Gasteiger partial charge in [0, 0.05) is 35.7 Å². The molecule has 0 radical (unpaired) electrons. The summed E-state index contributed by atoms with van der Waals surface area (Å²) in [6.45, 7) is 14.7. The van der Waals surface area contributed by atoms with Crippen LogP contribution in [-0.4, -0.2) is 69.2 Å². The first kappa shape index (κ1) is 30.6. The molecule has 3 rings (SSSR count). The van der Waals surface area contributed by atoms with Crippen molar-refractivity contribution in [3.8, 4) is 0 Å². The highest BCUT2D eigenvalue weighted by Crippen LogP contribution is 2.36. The SMILES string of the molecule is C=C(C=CC=COC)CS(=O)(=O)c1ccc2c(c1)C(=Cc1[nH]c(C)c(C(=O)NCCN(CC)CC)c1C)C(=O)N2. The van der Waals surface area contributed by atoms with Crippen LogP contribution in [0.3, 0.4) is 0 Å². The third kappa shape index (κ3) is 7.19. The van der Waals surface area contributed by atoms with E-state index in [4.69, 9.17) is 4.74 Å². The van der Waals surface area contributed by atoms with E-state index in [0.29, 0.717) is 51.5 Å². The fourth-order valence-corrected chi connectivity index (χ4v) is 5.88. The van der Waals surface area contributed by atoms with Crippen molar-refractivity contribution in [3.05, 3.63) is 82.9 Å². The maximum Gasteiger partial charge on any atom is 0.256 e. The second-order valence-corrected chi connectivity index (χ2v) is 11.5. The van der Waals surface area contributed by atoms with E-state index in [-0.39, 0.29) is 22.5 Å². The average molecular weight is 567 g/mol. The number of allylic oxidation sites excluding steroid dienone is 3. The van der Waals surface area contributed by atoms with Crippen LogP contribution < -0.4 is 10.6 Å². The number of methoxy groups -OCH3 is 1. The van der Waals surface area contributed by atoms with Crippen molar-refractivity contribution in [1.29, 1.82) is 0 Å². The fourth-order valence-electron chi connectivity index (χ4n) is 4.55. The topological polar surface area (TPSA) is 121 Å². The number of sulfone groups is 1. The van der Waals surface area contributed by atoms with E-state index in [1.807, 2.05) is 13.8 Å². The Morgan fingerprint density at radius 3 is 2.58 bits per heavy atom. The van der Waals surface area contributed by atoms with E-state index in [1.54, 1.807) is 30.4 Å². The van der Waals surface area contributed by atoms with E-state index in [9.17, 15) is 18.0 Å². The van der Waals surface area contributed by atoms with Crippen molar-refractivity contribution in [1.82, 2.24) is 15.2 Å². The number of nitrogens with one attached hydrogen (secondary N) is 3. The molecule has 10 heteroatoms. The molecule has 0 spiro atoms. The van der Waals surface area contributed by atoms with Gasteiger partial charge in [-0.1, -0.05) is 32.6 Å². The second kappa shape index (κ2) is 13.5. The van der Waals surface area contributed by atoms with E-state index < -0.39 is 9.84 Å². The molecule has 0 bridgehead atoms. The number of nitrogens with zero attached hydrogens (tertiary/aromatic N) is 1. The summed E-state index contributed by atoms with van der Waals surface area (Å²) in [6.07, 6.45) is 8.01. The normalized spacial score (nSPS) is 14.3. The smallest absolute Gasteiger partial charge is 0.256 e. The number of H-pyrrole nitrogens is 1. The molecule has 0 unspecified atom stereocenters. The number of carbonyl (C=O) groups is 2. The first-order valence-electron chi connectivity index (χ1n) is 13.2. The number of amides is 2. The zero-order chi connectivity index (χ0) is 29.4. The average Bonchev–Trinajstić information content (AvgIpc) is 3.37. The molecular weight excluding hydrogens is 528 g/mol. The summed E-state index contributed by atoms with van der Waals surface area (Å²) in [5, 5.41) is 5.77. The zero-order valence-electron chi connectivity index (χ0n) is 23.8. The van der Waals surface area contributed by atoms with Crippen LogP contribution in [-0.2, 0) is 19.4 Å². The second-order valence-electron chi connectivity index (χ2n) is 9.51. The summed E-state index contributed by atoms with van der Waals surface area (Å²) in [6, 6.07) is 4.56. The number of aromatic amines is 1. The predicted molar refractivity (Wildman–Crippen MR) is 160 cm³/mol. The first-order chi connectivity index (χ1) is 19.0. The number of carbonyl (C=O) groups excluding carboxylic acids is 2.